The van der Waals surface area contributed by atoms with E-state index in [4.69, 9.17) is 0 Å². The lowest BCUT2D eigenvalue weighted by molar-refractivity contribution is 0.0980. The highest BCUT2D eigenvalue weighted by Crippen LogP contribution is 2.46. The molecule has 0 bridgehead atoms. The Labute approximate surface area is 200 Å². The number of nitrogens with one attached hydrogen (secondary N) is 1. The molecule has 1 aliphatic carbocycles. The van der Waals surface area contributed by atoms with E-state index in [-0.39, 0.29) is 5.56 Å². The maximum atomic E-state index is 12.8. The van der Waals surface area contributed by atoms with Gasteiger partial charge < -0.3 is 9.67 Å². The zero-order valence-electron chi connectivity index (χ0n) is 19.6. The third-order valence-corrected chi connectivity index (χ3v) is 8.61. The first-order chi connectivity index (χ1) is 16.3. The fourth-order valence-corrected chi connectivity index (χ4v) is 6.06. The SMILES string of the molecule is CN(C)S(=O)(=O)NC(=O)c1ccc2c(C3CCCCC3)c3n(c2c1)CC(O)Cc1ccccc1-3. The minimum absolute atomic E-state index is 0.278. The van der Waals surface area contributed by atoms with Crippen molar-refractivity contribution in [3.05, 3.63) is 59.2 Å². The van der Waals surface area contributed by atoms with Crippen molar-refractivity contribution >= 4 is 27.0 Å². The molecule has 0 saturated heterocycles. The minimum atomic E-state index is -3.90. The summed E-state index contributed by atoms with van der Waals surface area (Å²) in [7, 11) is -1.14. The van der Waals surface area contributed by atoms with Crippen molar-refractivity contribution in [2.24, 2.45) is 0 Å². The Morgan fingerprint density at radius 2 is 1.82 bits per heavy atom. The fraction of sp³-hybridized carbons (Fsp3) is 0.423. The molecule has 34 heavy (non-hydrogen) atoms. The smallest absolute Gasteiger partial charge is 0.303 e. The molecule has 1 atom stereocenters. The number of aliphatic hydroxyl groups excluding tert-OH is 1. The van der Waals surface area contributed by atoms with E-state index < -0.39 is 22.2 Å². The fourth-order valence-electron chi connectivity index (χ4n) is 5.53. The number of benzene rings is 2. The van der Waals surface area contributed by atoms with Crippen LogP contribution in [0.5, 0.6) is 0 Å². The zero-order chi connectivity index (χ0) is 24.0. The molecule has 0 radical (unpaired) electrons. The van der Waals surface area contributed by atoms with Crippen LogP contribution in [-0.2, 0) is 23.2 Å². The average Bonchev–Trinajstić information content (AvgIpc) is 3.04. The third kappa shape index (κ3) is 4.04. The highest BCUT2D eigenvalue weighted by molar-refractivity contribution is 7.87. The van der Waals surface area contributed by atoms with Crippen molar-refractivity contribution in [2.45, 2.75) is 57.1 Å². The summed E-state index contributed by atoms with van der Waals surface area (Å²) in [6.07, 6.45) is 5.92. The van der Waals surface area contributed by atoms with Gasteiger partial charge in [-0.1, -0.05) is 49.6 Å². The van der Waals surface area contributed by atoms with Gasteiger partial charge in [0.1, 0.15) is 0 Å². The zero-order valence-corrected chi connectivity index (χ0v) is 20.4. The summed E-state index contributed by atoms with van der Waals surface area (Å²) in [5.41, 5.74) is 5.83. The Bertz CT molecular complexity index is 1350. The first kappa shape index (κ1) is 23.1. The summed E-state index contributed by atoms with van der Waals surface area (Å²) < 4.78 is 29.6. The summed E-state index contributed by atoms with van der Waals surface area (Å²) >= 11 is 0. The molecule has 7 nitrogen and oxygen atoms in total. The van der Waals surface area contributed by atoms with Gasteiger partial charge in [0, 0.05) is 49.1 Å². The van der Waals surface area contributed by atoms with Crippen LogP contribution in [-0.4, -0.2) is 48.5 Å². The van der Waals surface area contributed by atoms with Crippen LogP contribution in [0, 0.1) is 0 Å². The number of hydrogen-bond donors (Lipinski definition) is 2. The molecule has 0 spiro atoms. The quantitative estimate of drug-likeness (QED) is 0.593. The molecule has 8 heteroatoms. The second-order valence-corrected chi connectivity index (χ2v) is 11.6. The number of rotatable bonds is 4. The topological polar surface area (TPSA) is 91.6 Å². The van der Waals surface area contributed by atoms with E-state index in [1.165, 1.54) is 38.9 Å². The molecule has 3 aromatic rings. The number of nitrogens with zero attached hydrogens (tertiary/aromatic N) is 2. The Balaban J connectivity index is 1.72. The predicted molar refractivity (Wildman–Crippen MR) is 133 cm³/mol. The lowest BCUT2D eigenvalue weighted by atomic mass is 9.81. The average molecular weight is 482 g/mol. The number of hydrogen-bond acceptors (Lipinski definition) is 4. The monoisotopic (exact) mass is 481 g/mol. The molecule has 1 aliphatic heterocycles. The third-order valence-electron chi connectivity index (χ3n) is 7.20. The first-order valence-electron chi connectivity index (χ1n) is 11.9. The number of carbonyl (C=O) groups excluding carboxylic acids is 1. The van der Waals surface area contributed by atoms with Crippen molar-refractivity contribution in [3.8, 4) is 11.3 Å². The van der Waals surface area contributed by atoms with Crippen molar-refractivity contribution in [2.75, 3.05) is 14.1 Å². The van der Waals surface area contributed by atoms with Gasteiger partial charge in [-0.2, -0.15) is 12.7 Å². The molecule has 1 saturated carbocycles. The summed E-state index contributed by atoms with van der Waals surface area (Å²) in [5, 5.41) is 12.0. The Hall–Kier alpha value is -2.68. The van der Waals surface area contributed by atoms with Gasteiger partial charge in [0.2, 0.25) is 0 Å². The Kier molecular flexibility index (Phi) is 6.00. The van der Waals surface area contributed by atoms with E-state index in [1.54, 1.807) is 12.1 Å². The highest BCUT2D eigenvalue weighted by atomic mass is 32.2. The predicted octanol–water partition coefficient (Wildman–Crippen LogP) is 3.81. The van der Waals surface area contributed by atoms with Gasteiger partial charge in [-0.15, -0.1) is 0 Å². The Morgan fingerprint density at radius 1 is 1.09 bits per heavy atom. The molecular weight excluding hydrogens is 450 g/mol. The van der Waals surface area contributed by atoms with E-state index in [1.807, 2.05) is 18.2 Å². The molecule has 1 fully saturated rings. The van der Waals surface area contributed by atoms with Gasteiger partial charge in [-0.05, 0) is 42.0 Å². The minimum Gasteiger partial charge on any atom is -0.391 e. The van der Waals surface area contributed by atoms with Crippen LogP contribution < -0.4 is 4.72 Å². The molecule has 5 rings (SSSR count). The van der Waals surface area contributed by atoms with E-state index in [2.05, 4.69) is 21.4 Å². The van der Waals surface area contributed by atoms with Crippen LogP contribution in [0.4, 0.5) is 0 Å². The van der Waals surface area contributed by atoms with Gasteiger partial charge >= 0.3 is 10.2 Å². The van der Waals surface area contributed by atoms with Gasteiger partial charge in [0.05, 0.1) is 11.8 Å². The summed E-state index contributed by atoms with van der Waals surface area (Å²) in [6.45, 7) is 0.425. The van der Waals surface area contributed by atoms with Crippen LogP contribution in [0.15, 0.2) is 42.5 Å². The standard InChI is InChI=1S/C26H31N3O4S/c1-28(2)34(32,33)27-26(31)19-12-13-22-23(15-19)29-16-20(30)14-18-10-6-7-11-21(18)25(29)24(22)17-8-4-3-5-9-17/h6-7,10-13,15,17,20,30H,3-5,8-9,14,16H2,1-2H3,(H,27,31). The van der Waals surface area contributed by atoms with E-state index in [0.717, 1.165) is 44.9 Å². The lowest BCUT2D eigenvalue weighted by Crippen LogP contribution is -2.39. The molecule has 2 aromatic carbocycles. The van der Waals surface area contributed by atoms with Crippen LogP contribution in [0.3, 0.4) is 0 Å². The van der Waals surface area contributed by atoms with Crippen LogP contribution in [0.1, 0.15) is 59.5 Å². The van der Waals surface area contributed by atoms with E-state index >= 15 is 0 Å². The van der Waals surface area contributed by atoms with Crippen molar-refractivity contribution in [1.29, 1.82) is 0 Å². The molecule has 1 amide bonds. The van der Waals surface area contributed by atoms with Crippen molar-refractivity contribution in [1.82, 2.24) is 13.6 Å². The maximum Gasteiger partial charge on any atom is 0.303 e. The normalized spacial score (nSPS) is 19.0. The molecule has 180 valence electrons. The van der Waals surface area contributed by atoms with Crippen molar-refractivity contribution in [3.63, 3.8) is 0 Å². The molecule has 2 N–H and O–H groups in total. The summed E-state index contributed by atoms with van der Waals surface area (Å²) in [4.78, 5) is 12.8. The van der Waals surface area contributed by atoms with Crippen molar-refractivity contribution < 1.29 is 18.3 Å². The summed E-state index contributed by atoms with van der Waals surface area (Å²) in [6, 6.07) is 13.7. The largest absolute Gasteiger partial charge is 0.391 e. The molecule has 2 heterocycles. The lowest BCUT2D eigenvalue weighted by Gasteiger charge is -2.23. The van der Waals surface area contributed by atoms with E-state index in [0.29, 0.717) is 18.9 Å². The second kappa shape index (κ2) is 8.83. The number of carbonyl (C=O) groups is 1. The Morgan fingerprint density at radius 3 is 2.56 bits per heavy atom. The highest BCUT2D eigenvalue weighted by Gasteiger charge is 2.31. The number of aliphatic hydroxyl groups is 1. The van der Waals surface area contributed by atoms with Crippen LogP contribution in [0.2, 0.25) is 0 Å². The van der Waals surface area contributed by atoms with Gasteiger partial charge in [0.15, 0.2) is 0 Å². The summed E-state index contributed by atoms with van der Waals surface area (Å²) in [5.74, 6) is -0.246. The molecule has 1 aromatic heterocycles. The second-order valence-electron chi connectivity index (χ2n) is 9.67. The maximum absolute atomic E-state index is 12.8. The van der Waals surface area contributed by atoms with Crippen LogP contribution in [0.25, 0.3) is 22.2 Å². The van der Waals surface area contributed by atoms with Gasteiger partial charge in [0.25, 0.3) is 5.91 Å². The number of fused-ring (bicyclic) bond motifs is 5. The van der Waals surface area contributed by atoms with Gasteiger partial charge in [-0.25, -0.2) is 4.72 Å². The molecule has 2 aliphatic rings. The molecular formula is C26H31N3O4S. The number of aromatic nitrogens is 1. The van der Waals surface area contributed by atoms with E-state index in [9.17, 15) is 18.3 Å². The van der Waals surface area contributed by atoms with Gasteiger partial charge in [-0.3, -0.25) is 4.79 Å². The molecule has 1 unspecified atom stereocenters. The van der Waals surface area contributed by atoms with Crippen LogP contribution >= 0.6 is 0 Å². The number of amides is 1. The first-order valence-corrected chi connectivity index (χ1v) is 13.4.